The third kappa shape index (κ3) is 2.76. The maximum atomic E-state index is 13.2. The van der Waals surface area contributed by atoms with Gasteiger partial charge in [0.1, 0.15) is 11.6 Å². The van der Waals surface area contributed by atoms with E-state index in [4.69, 9.17) is 9.88 Å². The first-order valence-corrected chi connectivity index (χ1v) is 7.01. The number of ether oxygens (including phenoxy) is 1. The van der Waals surface area contributed by atoms with Crippen LogP contribution in [0.25, 0.3) is 0 Å². The summed E-state index contributed by atoms with van der Waals surface area (Å²) in [7, 11) is -3.59. The van der Waals surface area contributed by atoms with Gasteiger partial charge in [-0.25, -0.2) is 17.9 Å². The largest absolute Gasteiger partial charge is 0.493 e. The lowest BCUT2D eigenvalue weighted by Gasteiger charge is -2.30. The zero-order valence-corrected chi connectivity index (χ0v) is 10.2. The van der Waals surface area contributed by atoms with Crippen molar-refractivity contribution in [1.82, 2.24) is 0 Å². The van der Waals surface area contributed by atoms with Gasteiger partial charge in [0.2, 0.25) is 10.0 Å². The van der Waals surface area contributed by atoms with Gasteiger partial charge < -0.3 is 4.74 Å². The summed E-state index contributed by atoms with van der Waals surface area (Å²) in [5, 5.41) is 5.06. The molecule has 2 rings (SSSR count). The summed E-state index contributed by atoms with van der Waals surface area (Å²) in [6.45, 7) is 2.28. The standard InChI is InChI=1S/C11H14FNO3S/c1-7-5-16-11-3-2-8(12)4-9(11)10(7)6-17(13,14)15/h2-4,7,10H,5-6H2,1H3,(H2,13,14,15)/t7-,10?/m0/s1. The second-order valence-corrected chi connectivity index (χ2v) is 6.07. The molecule has 1 aliphatic heterocycles. The highest BCUT2D eigenvalue weighted by molar-refractivity contribution is 7.89. The van der Waals surface area contributed by atoms with Gasteiger partial charge in [0.15, 0.2) is 0 Å². The fourth-order valence-corrected chi connectivity index (χ4v) is 3.10. The predicted molar refractivity (Wildman–Crippen MR) is 61.8 cm³/mol. The van der Waals surface area contributed by atoms with E-state index in [9.17, 15) is 12.8 Å². The maximum Gasteiger partial charge on any atom is 0.209 e. The van der Waals surface area contributed by atoms with Crippen LogP contribution in [0.15, 0.2) is 18.2 Å². The van der Waals surface area contributed by atoms with E-state index >= 15 is 0 Å². The molecule has 2 atom stereocenters. The number of hydrogen-bond donors (Lipinski definition) is 1. The van der Waals surface area contributed by atoms with Gasteiger partial charge in [-0.1, -0.05) is 6.92 Å². The van der Waals surface area contributed by atoms with Crippen molar-refractivity contribution in [3.05, 3.63) is 29.6 Å². The molecule has 0 amide bonds. The van der Waals surface area contributed by atoms with Crippen molar-refractivity contribution in [2.24, 2.45) is 11.1 Å². The molecule has 0 saturated carbocycles. The Hall–Kier alpha value is -1.14. The van der Waals surface area contributed by atoms with Crippen molar-refractivity contribution in [2.75, 3.05) is 12.4 Å². The monoisotopic (exact) mass is 259 g/mol. The first kappa shape index (κ1) is 12.3. The highest BCUT2D eigenvalue weighted by Crippen LogP contribution is 2.37. The van der Waals surface area contributed by atoms with Crippen LogP contribution in [-0.2, 0) is 10.0 Å². The van der Waals surface area contributed by atoms with Crippen LogP contribution >= 0.6 is 0 Å². The number of sulfonamides is 1. The number of fused-ring (bicyclic) bond motifs is 1. The molecule has 94 valence electrons. The minimum absolute atomic E-state index is 0.0115. The summed E-state index contributed by atoms with van der Waals surface area (Å²) in [5.41, 5.74) is 0.581. The lowest BCUT2D eigenvalue weighted by atomic mass is 9.87. The summed E-state index contributed by atoms with van der Waals surface area (Å²) < 4.78 is 41.0. The molecule has 0 aliphatic carbocycles. The van der Waals surface area contributed by atoms with Gasteiger partial charge in [0.05, 0.1) is 12.4 Å². The van der Waals surface area contributed by atoms with Gasteiger partial charge in [-0.3, -0.25) is 0 Å². The van der Waals surface area contributed by atoms with E-state index < -0.39 is 15.8 Å². The highest BCUT2D eigenvalue weighted by atomic mass is 32.2. The summed E-state index contributed by atoms with van der Waals surface area (Å²) >= 11 is 0. The Morgan fingerprint density at radius 2 is 2.24 bits per heavy atom. The molecule has 4 nitrogen and oxygen atoms in total. The summed E-state index contributed by atoms with van der Waals surface area (Å²) in [4.78, 5) is 0. The summed E-state index contributed by atoms with van der Waals surface area (Å²) in [5.74, 6) is -0.375. The van der Waals surface area contributed by atoms with Crippen molar-refractivity contribution in [2.45, 2.75) is 12.8 Å². The smallest absolute Gasteiger partial charge is 0.209 e. The Balaban J connectivity index is 2.42. The van der Waals surface area contributed by atoms with Gasteiger partial charge in [-0.2, -0.15) is 0 Å². The Kier molecular flexibility index (Phi) is 3.09. The van der Waals surface area contributed by atoms with Crippen LogP contribution in [-0.4, -0.2) is 20.8 Å². The topological polar surface area (TPSA) is 69.4 Å². The number of halogens is 1. The predicted octanol–water partition coefficient (Wildman–Crippen LogP) is 1.23. The zero-order valence-electron chi connectivity index (χ0n) is 9.39. The third-order valence-electron chi connectivity index (χ3n) is 2.97. The molecule has 0 spiro atoms. The lowest BCUT2D eigenvalue weighted by molar-refractivity contribution is 0.211. The molecular weight excluding hydrogens is 245 g/mol. The number of nitrogens with two attached hydrogens (primary N) is 1. The minimum atomic E-state index is -3.59. The molecule has 2 N–H and O–H groups in total. The normalized spacial score (nSPS) is 23.9. The molecule has 1 heterocycles. The molecule has 17 heavy (non-hydrogen) atoms. The lowest BCUT2D eigenvalue weighted by Crippen LogP contribution is -2.31. The minimum Gasteiger partial charge on any atom is -0.493 e. The van der Waals surface area contributed by atoms with Gasteiger partial charge >= 0.3 is 0 Å². The van der Waals surface area contributed by atoms with Crippen LogP contribution < -0.4 is 9.88 Å². The van der Waals surface area contributed by atoms with Crippen molar-refractivity contribution in [3.63, 3.8) is 0 Å². The van der Waals surface area contributed by atoms with E-state index in [1.807, 2.05) is 6.92 Å². The molecule has 0 fully saturated rings. The average molecular weight is 259 g/mol. The quantitative estimate of drug-likeness (QED) is 0.868. The number of rotatable bonds is 2. The Morgan fingerprint density at radius 1 is 1.53 bits per heavy atom. The Labute approximate surface area is 99.6 Å². The highest BCUT2D eigenvalue weighted by Gasteiger charge is 2.31. The molecule has 1 aromatic carbocycles. The number of primary sulfonamides is 1. The molecule has 0 bridgehead atoms. The molecule has 1 unspecified atom stereocenters. The van der Waals surface area contributed by atoms with Gasteiger partial charge in [-0.15, -0.1) is 0 Å². The Bertz CT molecular complexity index is 530. The van der Waals surface area contributed by atoms with Gasteiger partial charge in [0.25, 0.3) is 0 Å². The molecule has 0 saturated heterocycles. The molecular formula is C11H14FNO3S. The van der Waals surface area contributed by atoms with Crippen molar-refractivity contribution < 1.29 is 17.5 Å². The van der Waals surface area contributed by atoms with Crippen LogP contribution in [0.4, 0.5) is 4.39 Å². The second kappa shape index (κ2) is 4.27. The fourth-order valence-electron chi connectivity index (χ4n) is 2.09. The van der Waals surface area contributed by atoms with Crippen LogP contribution in [0, 0.1) is 11.7 Å². The van der Waals surface area contributed by atoms with Crippen molar-refractivity contribution in [1.29, 1.82) is 0 Å². The van der Waals surface area contributed by atoms with Crippen molar-refractivity contribution >= 4 is 10.0 Å². The van der Waals surface area contributed by atoms with Gasteiger partial charge in [0, 0.05) is 11.5 Å². The van der Waals surface area contributed by atoms with Crippen LogP contribution in [0.1, 0.15) is 18.4 Å². The van der Waals surface area contributed by atoms with Crippen LogP contribution in [0.2, 0.25) is 0 Å². The molecule has 0 aromatic heterocycles. The summed E-state index contributed by atoms with van der Waals surface area (Å²) in [6.07, 6.45) is 0. The van der Waals surface area contributed by atoms with Gasteiger partial charge in [-0.05, 0) is 24.1 Å². The fraction of sp³-hybridized carbons (Fsp3) is 0.455. The molecule has 6 heteroatoms. The second-order valence-electron chi connectivity index (χ2n) is 4.41. The number of hydrogen-bond acceptors (Lipinski definition) is 3. The van der Waals surface area contributed by atoms with E-state index in [1.165, 1.54) is 18.2 Å². The van der Waals surface area contributed by atoms with E-state index in [-0.39, 0.29) is 17.6 Å². The first-order chi connectivity index (χ1) is 7.87. The van der Waals surface area contributed by atoms with E-state index in [0.29, 0.717) is 17.9 Å². The molecule has 0 radical (unpaired) electrons. The SMILES string of the molecule is C[C@H]1COc2ccc(F)cc2C1CS(N)(=O)=O. The van der Waals surface area contributed by atoms with Crippen LogP contribution in [0.3, 0.4) is 0 Å². The third-order valence-corrected chi connectivity index (χ3v) is 3.80. The first-order valence-electron chi connectivity index (χ1n) is 5.29. The number of benzene rings is 1. The summed E-state index contributed by atoms with van der Waals surface area (Å²) in [6, 6.07) is 4.14. The van der Waals surface area contributed by atoms with E-state index in [2.05, 4.69) is 0 Å². The van der Waals surface area contributed by atoms with Crippen molar-refractivity contribution in [3.8, 4) is 5.75 Å². The molecule has 1 aromatic rings. The van der Waals surface area contributed by atoms with E-state index in [0.717, 1.165) is 0 Å². The van der Waals surface area contributed by atoms with Crippen LogP contribution in [0.5, 0.6) is 5.75 Å². The Morgan fingerprint density at radius 3 is 2.88 bits per heavy atom. The van der Waals surface area contributed by atoms with E-state index in [1.54, 1.807) is 0 Å². The maximum absolute atomic E-state index is 13.2. The molecule has 1 aliphatic rings. The zero-order chi connectivity index (χ0) is 12.6. The average Bonchev–Trinajstić information content (AvgIpc) is 2.21.